The van der Waals surface area contributed by atoms with Crippen molar-refractivity contribution in [2.75, 3.05) is 0 Å². The molecule has 4 heteroatoms. The van der Waals surface area contributed by atoms with E-state index < -0.39 is 8.07 Å². The van der Waals surface area contributed by atoms with Crippen LogP contribution < -0.4 is 0 Å². The van der Waals surface area contributed by atoms with E-state index in [9.17, 15) is 4.79 Å². The zero-order chi connectivity index (χ0) is 17.6. The molecular weight excluding hydrogens is 378 g/mol. The minimum atomic E-state index is -1.33. The minimum absolute atomic E-state index is 0.742. The second kappa shape index (κ2) is 8.69. The smallest absolute Gasteiger partial charge is 0.153 e. The fourth-order valence-electron chi connectivity index (χ4n) is 3.22. The first-order chi connectivity index (χ1) is 11.6. The van der Waals surface area contributed by atoms with Crippen molar-refractivity contribution in [1.82, 2.24) is 4.57 Å². The molecule has 1 aromatic carbocycles. The van der Waals surface area contributed by atoms with Crippen molar-refractivity contribution in [3.8, 4) is 11.5 Å². The number of unbranched alkanes of at least 4 members (excludes halogenated alkanes) is 1. The van der Waals surface area contributed by atoms with Gasteiger partial charge in [-0.25, -0.2) is 0 Å². The SMILES string of the molecule is CC[Si](C#CCCCn1c(Br)c(C=O)c2ccccc21)(CC)CC. The summed E-state index contributed by atoms with van der Waals surface area (Å²) in [4.78, 5) is 11.4. The van der Waals surface area contributed by atoms with E-state index in [0.29, 0.717) is 0 Å². The van der Waals surface area contributed by atoms with Gasteiger partial charge >= 0.3 is 0 Å². The molecule has 0 saturated heterocycles. The van der Waals surface area contributed by atoms with Gasteiger partial charge in [-0.2, -0.15) is 0 Å². The number of carbonyl (C=O) groups is 1. The summed E-state index contributed by atoms with van der Waals surface area (Å²) in [5.41, 5.74) is 5.50. The van der Waals surface area contributed by atoms with Gasteiger partial charge in [0, 0.05) is 23.9 Å². The number of hydrogen-bond donors (Lipinski definition) is 0. The molecule has 0 unspecified atom stereocenters. The van der Waals surface area contributed by atoms with Crippen LogP contribution in [0.25, 0.3) is 10.9 Å². The fourth-order valence-corrected chi connectivity index (χ4v) is 6.43. The molecule has 0 atom stereocenters. The maximum atomic E-state index is 11.4. The number of aldehydes is 1. The number of aryl methyl sites for hydroxylation is 1. The molecular formula is C20H26BrNOSi. The number of rotatable bonds is 7. The predicted molar refractivity (Wildman–Crippen MR) is 109 cm³/mol. The molecule has 0 aliphatic carbocycles. The number of carbonyl (C=O) groups excluding carboxylic acids is 1. The molecule has 0 amide bonds. The van der Waals surface area contributed by atoms with E-state index in [-0.39, 0.29) is 0 Å². The van der Waals surface area contributed by atoms with Crippen LogP contribution in [0.3, 0.4) is 0 Å². The van der Waals surface area contributed by atoms with Crippen molar-refractivity contribution in [2.24, 2.45) is 0 Å². The standard InChI is InChI=1S/C20H26BrNOSi/c1-4-24(5-2,6-3)15-11-7-10-14-22-19-13-9-8-12-17(19)18(16-23)20(22)21/h8-9,12-13,16H,4-7,10,14H2,1-3H3. The summed E-state index contributed by atoms with van der Waals surface area (Å²) < 4.78 is 3.07. The van der Waals surface area contributed by atoms with Crippen molar-refractivity contribution in [2.45, 2.75) is 58.3 Å². The summed E-state index contributed by atoms with van der Waals surface area (Å²) in [6, 6.07) is 11.8. The highest BCUT2D eigenvalue weighted by Crippen LogP contribution is 2.29. The minimum Gasteiger partial charge on any atom is -0.335 e. The number of halogens is 1. The lowest BCUT2D eigenvalue weighted by Gasteiger charge is -2.20. The molecule has 0 fully saturated rings. The average Bonchev–Trinajstić information content (AvgIpc) is 2.90. The van der Waals surface area contributed by atoms with Crippen LogP contribution in [-0.4, -0.2) is 18.9 Å². The number of para-hydroxylation sites is 1. The van der Waals surface area contributed by atoms with Crippen LogP contribution in [0, 0.1) is 11.5 Å². The van der Waals surface area contributed by atoms with E-state index in [1.165, 1.54) is 18.1 Å². The van der Waals surface area contributed by atoms with Crippen LogP contribution in [0.5, 0.6) is 0 Å². The summed E-state index contributed by atoms with van der Waals surface area (Å²) in [7, 11) is -1.33. The number of fused-ring (bicyclic) bond motifs is 1. The maximum absolute atomic E-state index is 11.4. The second-order valence-corrected chi connectivity index (χ2v) is 11.9. The first kappa shape index (κ1) is 19.0. The van der Waals surface area contributed by atoms with Crippen LogP contribution in [0.2, 0.25) is 18.1 Å². The maximum Gasteiger partial charge on any atom is 0.153 e. The van der Waals surface area contributed by atoms with Crippen LogP contribution in [0.4, 0.5) is 0 Å². The number of nitrogens with zero attached hydrogens (tertiary/aromatic N) is 1. The Bertz CT molecular complexity index is 757. The first-order valence-electron chi connectivity index (χ1n) is 8.84. The van der Waals surface area contributed by atoms with E-state index in [0.717, 1.165) is 46.7 Å². The zero-order valence-corrected chi connectivity index (χ0v) is 17.4. The topological polar surface area (TPSA) is 22.0 Å². The summed E-state index contributed by atoms with van der Waals surface area (Å²) >= 11 is 3.59. The van der Waals surface area contributed by atoms with Gasteiger partial charge in [-0.05, 0) is 46.5 Å². The summed E-state index contributed by atoms with van der Waals surface area (Å²) in [5, 5.41) is 1.01. The third-order valence-electron chi connectivity index (χ3n) is 5.13. The monoisotopic (exact) mass is 403 g/mol. The van der Waals surface area contributed by atoms with Gasteiger partial charge < -0.3 is 4.57 Å². The van der Waals surface area contributed by atoms with E-state index in [1.54, 1.807) is 0 Å². The number of hydrogen-bond acceptors (Lipinski definition) is 1. The second-order valence-electron chi connectivity index (χ2n) is 6.24. The number of benzene rings is 1. The average molecular weight is 404 g/mol. The van der Waals surface area contributed by atoms with Gasteiger partial charge in [-0.3, -0.25) is 4.79 Å². The Morgan fingerprint density at radius 2 is 1.83 bits per heavy atom. The lowest BCUT2D eigenvalue weighted by Crippen LogP contribution is -2.29. The highest BCUT2D eigenvalue weighted by Gasteiger charge is 2.23. The van der Waals surface area contributed by atoms with Crippen LogP contribution in [0.15, 0.2) is 28.9 Å². The lowest BCUT2D eigenvalue weighted by molar-refractivity contribution is 0.112. The van der Waals surface area contributed by atoms with Crippen molar-refractivity contribution >= 4 is 41.2 Å². The van der Waals surface area contributed by atoms with Gasteiger partial charge in [0.05, 0.1) is 10.2 Å². The molecule has 0 radical (unpaired) electrons. The Labute approximate surface area is 154 Å². The largest absolute Gasteiger partial charge is 0.335 e. The molecule has 0 saturated carbocycles. The highest BCUT2D eigenvalue weighted by molar-refractivity contribution is 9.10. The Morgan fingerprint density at radius 3 is 2.46 bits per heavy atom. The van der Waals surface area contributed by atoms with E-state index in [2.05, 4.69) is 58.8 Å². The van der Waals surface area contributed by atoms with Crippen LogP contribution in [-0.2, 0) is 6.54 Å². The van der Waals surface area contributed by atoms with Gasteiger partial charge in [-0.15, -0.1) is 11.5 Å². The predicted octanol–water partition coefficient (Wildman–Crippen LogP) is 6.05. The molecule has 0 spiro atoms. The van der Waals surface area contributed by atoms with Crippen molar-refractivity contribution in [3.05, 3.63) is 34.4 Å². The van der Waals surface area contributed by atoms with Crippen molar-refractivity contribution in [1.29, 1.82) is 0 Å². The molecule has 1 aromatic heterocycles. The normalized spacial score (nSPS) is 11.3. The fraction of sp³-hybridized carbons (Fsp3) is 0.450. The quantitative estimate of drug-likeness (QED) is 0.238. The third kappa shape index (κ3) is 3.84. The molecule has 128 valence electrons. The van der Waals surface area contributed by atoms with Crippen molar-refractivity contribution < 1.29 is 4.79 Å². The molecule has 1 heterocycles. The van der Waals surface area contributed by atoms with Crippen molar-refractivity contribution in [3.63, 3.8) is 0 Å². The molecule has 0 bridgehead atoms. The van der Waals surface area contributed by atoms with E-state index >= 15 is 0 Å². The third-order valence-corrected chi connectivity index (χ3v) is 10.8. The molecule has 24 heavy (non-hydrogen) atoms. The molecule has 2 rings (SSSR count). The Balaban J connectivity index is 2.10. The van der Waals surface area contributed by atoms with Gasteiger partial charge in [-0.1, -0.05) is 39.0 Å². The Kier molecular flexibility index (Phi) is 6.88. The zero-order valence-electron chi connectivity index (χ0n) is 14.9. The van der Waals surface area contributed by atoms with Crippen LogP contribution >= 0.6 is 15.9 Å². The summed E-state index contributed by atoms with van der Waals surface area (Å²) in [6.45, 7) is 7.75. The van der Waals surface area contributed by atoms with E-state index in [4.69, 9.17) is 0 Å². The van der Waals surface area contributed by atoms with Gasteiger partial charge in [0.1, 0.15) is 8.07 Å². The Hall–Kier alpha value is -1.31. The molecule has 0 N–H and O–H groups in total. The lowest BCUT2D eigenvalue weighted by atomic mass is 10.2. The van der Waals surface area contributed by atoms with Gasteiger partial charge in [0.2, 0.25) is 0 Å². The van der Waals surface area contributed by atoms with Crippen LogP contribution in [0.1, 0.15) is 44.0 Å². The van der Waals surface area contributed by atoms with Gasteiger partial charge in [0.15, 0.2) is 6.29 Å². The molecule has 2 nitrogen and oxygen atoms in total. The summed E-state index contributed by atoms with van der Waals surface area (Å²) in [5.74, 6) is 3.45. The molecule has 2 aromatic rings. The highest BCUT2D eigenvalue weighted by atomic mass is 79.9. The summed E-state index contributed by atoms with van der Waals surface area (Å²) in [6.07, 6.45) is 2.86. The first-order valence-corrected chi connectivity index (χ1v) is 12.3. The van der Waals surface area contributed by atoms with E-state index in [1.807, 2.05) is 18.2 Å². The molecule has 0 aliphatic heterocycles. The Morgan fingerprint density at radius 1 is 1.17 bits per heavy atom. The van der Waals surface area contributed by atoms with Gasteiger partial charge in [0.25, 0.3) is 0 Å². The molecule has 0 aliphatic rings. The number of aromatic nitrogens is 1.